The molecular formula is C22H31N5O2S. The quantitative estimate of drug-likeness (QED) is 0.619. The molecule has 0 saturated carbocycles. The Balaban J connectivity index is 1.29. The number of likely N-dealkylation sites (tertiary alicyclic amines) is 1. The molecule has 0 aromatic heterocycles. The van der Waals surface area contributed by atoms with Gasteiger partial charge in [-0.1, -0.05) is 18.2 Å². The second-order valence-corrected chi connectivity index (χ2v) is 8.90. The smallest absolute Gasteiger partial charge is 0.237 e. The third-order valence-electron chi connectivity index (χ3n) is 6.39. The molecule has 3 atom stereocenters. The number of carbonyl (C=O) groups is 2. The van der Waals surface area contributed by atoms with E-state index in [4.69, 9.17) is 12.2 Å². The van der Waals surface area contributed by atoms with Crippen LogP contribution < -0.4 is 16.0 Å². The van der Waals surface area contributed by atoms with E-state index in [0.717, 1.165) is 51.0 Å². The monoisotopic (exact) mass is 429 g/mol. The predicted molar refractivity (Wildman–Crippen MR) is 121 cm³/mol. The number of carbonyl (C=O) groups excluding carboxylic acids is 2. The maximum Gasteiger partial charge on any atom is 0.237 e. The molecule has 0 unspecified atom stereocenters. The fourth-order valence-corrected chi connectivity index (χ4v) is 5.10. The highest BCUT2D eigenvalue weighted by Gasteiger charge is 2.43. The SMILES string of the molecule is O=C1NC[C@@H](CCC(=O)N2CCCCC2)N2C[C@H](NC(=S)Nc3ccccc3)C[C@@H]12. The van der Waals surface area contributed by atoms with E-state index in [1.54, 1.807) is 0 Å². The lowest BCUT2D eigenvalue weighted by Crippen LogP contribution is -2.58. The van der Waals surface area contributed by atoms with Crippen molar-refractivity contribution >= 4 is 34.8 Å². The Kier molecular flexibility index (Phi) is 6.84. The van der Waals surface area contributed by atoms with Gasteiger partial charge in [-0.25, -0.2) is 0 Å². The number of anilines is 1. The lowest BCUT2D eigenvalue weighted by atomic mass is 10.0. The van der Waals surface area contributed by atoms with Gasteiger partial charge in [0.15, 0.2) is 5.11 Å². The van der Waals surface area contributed by atoms with Gasteiger partial charge in [-0.05, 0) is 56.5 Å². The summed E-state index contributed by atoms with van der Waals surface area (Å²) < 4.78 is 0. The van der Waals surface area contributed by atoms with Crippen LogP contribution in [0.1, 0.15) is 38.5 Å². The highest BCUT2D eigenvalue weighted by Crippen LogP contribution is 2.26. The van der Waals surface area contributed by atoms with Crippen LogP contribution >= 0.6 is 12.2 Å². The van der Waals surface area contributed by atoms with Gasteiger partial charge >= 0.3 is 0 Å². The van der Waals surface area contributed by atoms with Gasteiger partial charge in [0.2, 0.25) is 11.8 Å². The first-order valence-electron chi connectivity index (χ1n) is 11.0. The molecule has 8 heteroatoms. The molecule has 0 aliphatic carbocycles. The average molecular weight is 430 g/mol. The minimum Gasteiger partial charge on any atom is -0.358 e. The summed E-state index contributed by atoms with van der Waals surface area (Å²) >= 11 is 5.46. The summed E-state index contributed by atoms with van der Waals surface area (Å²) in [5.74, 6) is 0.338. The number of amides is 2. The highest BCUT2D eigenvalue weighted by atomic mass is 32.1. The number of hydrogen-bond acceptors (Lipinski definition) is 4. The first-order chi connectivity index (χ1) is 14.6. The zero-order valence-electron chi connectivity index (χ0n) is 17.3. The molecule has 3 N–H and O–H groups in total. The molecule has 162 valence electrons. The predicted octanol–water partition coefficient (Wildman–Crippen LogP) is 1.71. The van der Waals surface area contributed by atoms with Gasteiger partial charge in [-0.3, -0.25) is 14.5 Å². The Morgan fingerprint density at radius 1 is 1.17 bits per heavy atom. The van der Waals surface area contributed by atoms with E-state index < -0.39 is 0 Å². The number of hydrogen-bond donors (Lipinski definition) is 3. The summed E-state index contributed by atoms with van der Waals surface area (Å²) in [4.78, 5) is 29.3. The van der Waals surface area contributed by atoms with Crippen molar-refractivity contribution in [2.24, 2.45) is 0 Å². The van der Waals surface area contributed by atoms with E-state index in [1.807, 2.05) is 35.2 Å². The summed E-state index contributed by atoms with van der Waals surface area (Å²) in [5.41, 5.74) is 0.942. The van der Waals surface area contributed by atoms with Gasteiger partial charge in [0.25, 0.3) is 0 Å². The van der Waals surface area contributed by atoms with E-state index in [-0.39, 0.29) is 29.9 Å². The molecule has 1 aromatic rings. The first kappa shape index (κ1) is 21.1. The lowest BCUT2D eigenvalue weighted by molar-refractivity contribution is -0.133. The number of piperazine rings is 1. The number of thiocarbonyl (C=S) groups is 1. The van der Waals surface area contributed by atoms with Gasteiger partial charge in [0, 0.05) is 50.4 Å². The first-order valence-corrected chi connectivity index (χ1v) is 11.4. The van der Waals surface area contributed by atoms with Crippen LogP contribution in [0.3, 0.4) is 0 Å². The molecule has 7 nitrogen and oxygen atoms in total. The van der Waals surface area contributed by atoms with Crippen molar-refractivity contribution in [1.82, 2.24) is 20.4 Å². The standard InChI is InChI=1S/C22H31N5O2S/c28-20(26-11-5-2-6-12-26)10-9-18-14-23-21(29)19-13-17(15-27(18)19)25-22(30)24-16-7-3-1-4-8-16/h1,3-4,7-8,17-19H,2,5-6,9-15H2,(H,23,29)(H2,24,25,30)/t17-,18-,19+/m1/s1. The normalized spacial score (nSPS) is 26.6. The second-order valence-electron chi connectivity index (χ2n) is 8.49. The summed E-state index contributed by atoms with van der Waals surface area (Å²) in [7, 11) is 0. The lowest BCUT2D eigenvalue weighted by Gasteiger charge is -2.37. The Morgan fingerprint density at radius 3 is 2.70 bits per heavy atom. The summed E-state index contributed by atoms with van der Waals surface area (Å²) in [6.45, 7) is 3.16. The minimum absolute atomic E-state index is 0.0832. The molecule has 2 amide bonds. The molecule has 3 fully saturated rings. The maximum absolute atomic E-state index is 12.6. The van der Waals surface area contributed by atoms with Crippen molar-refractivity contribution in [1.29, 1.82) is 0 Å². The summed E-state index contributed by atoms with van der Waals surface area (Å²) in [6, 6.07) is 9.98. The van der Waals surface area contributed by atoms with Gasteiger partial charge in [0.1, 0.15) is 0 Å². The van der Waals surface area contributed by atoms with Crippen molar-refractivity contribution in [2.75, 3.05) is 31.5 Å². The van der Waals surface area contributed by atoms with Crippen LogP contribution in [0.25, 0.3) is 0 Å². The Bertz CT molecular complexity index is 768. The molecular weight excluding hydrogens is 398 g/mol. The van der Waals surface area contributed by atoms with Crippen LogP contribution in [0.5, 0.6) is 0 Å². The maximum atomic E-state index is 12.6. The zero-order valence-corrected chi connectivity index (χ0v) is 18.1. The molecule has 0 radical (unpaired) electrons. The number of piperidine rings is 1. The van der Waals surface area contributed by atoms with Crippen LogP contribution in [0.4, 0.5) is 5.69 Å². The fourth-order valence-electron chi connectivity index (χ4n) is 4.81. The molecule has 1 aromatic carbocycles. The van der Waals surface area contributed by atoms with Gasteiger partial charge in [-0.15, -0.1) is 0 Å². The van der Waals surface area contributed by atoms with E-state index >= 15 is 0 Å². The minimum atomic E-state index is -0.147. The molecule has 3 heterocycles. The van der Waals surface area contributed by atoms with Crippen LogP contribution in [0.15, 0.2) is 30.3 Å². The van der Waals surface area contributed by atoms with Crippen LogP contribution in [-0.4, -0.2) is 71.0 Å². The molecule has 3 aliphatic heterocycles. The summed E-state index contributed by atoms with van der Waals surface area (Å²) in [6.07, 6.45) is 5.51. The van der Waals surface area contributed by atoms with Crippen LogP contribution in [0.2, 0.25) is 0 Å². The topological polar surface area (TPSA) is 76.7 Å². The largest absolute Gasteiger partial charge is 0.358 e. The average Bonchev–Trinajstić information content (AvgIpc) is 3.19. The molecule has 4 rings (SSSR count). The fraction of sp³-hybridized carbons (Fsp3) is 0.591. The Labute approximate surface area is 183 Å². The number of para-hydroxylation sites is 1. The van der Waals surface area contributed by atoms with E-state index in [1.165, 1.54) is 6.42 Å². The van der Waals surface area contributed by atoms with Crippen molar-refractivity contribution in [2.45, 2.75) is 56.7 Å². The molecule has 0 spiro atoms. The van der Waals surface area contributed by atoms with Crippen molar-refractivity contribution < 1.29 is 9.59 Å². The van der Waals surface area contributed by atoms with Crippen LogP contribution in [0, 0.1) is 0 Å². The van der Waals surface area contributed by atoms with Crippen LogP contribution in [-0.2, 0) is 9.59 Å². The molecule has 0 bridgehead atoms. The number of fused-ring (bicyclic) bond motifs is 1. The van der Waals surface area contributed by atoms with Crippen molar-refractivity contribution in [3.05, 3.63) is 30.3 Å². The second kappa shape index (κ2) is 9.75. The third kappa shape index (κ3) is 5.10. The van der Waals surface area contributed by atoms with Gasteiger partial charge < -0.3 is 20.9 Å². The van der Waals surface area contributed by atoms with Crippen molar-refractivity contribution in [3.63, 3.8) is 0 Å². The highest BCUT2D eigenvalue weighted by molar-refractivity contribution is 7.80. The molecule has 3 aliphatic rings. The Morgan fingerprint density at radius 2 is 1.93 bits per heavy atom. The van der Waals surface area contributed by atoms with Crippen molar-refractivity contribution in [3.8, 4) is 0 Å². The molecule has 30 heavy (non-hydrogen) atoms. The number of nitrogens with one attached hydrogen (secondary N) is 3. The van der Waals surface area contributed by atoms with Gasteiger partial charge in [-0.2, -0.15) is 0 Å². The number of nitrogens with zero attached hydrogens (tertiary/aromatic N) is 2. The number of benzene rings is 1. The molecule has 3 saturated heterocycles. The Hall–Kier alpha value is -2.19. The zero-order chi connectivity index (χ0) is 20.9. The number of rotatable bonds is 5. The van der Waals surface area contributed by atoms with E-state index in [9.17, 15) is 9.59 Å². The van der Waals surface area contributed by atoms with Gasteiger partial charge in [0.05, 0.1) is 6.04 Å². The third-order valence-corrected chi connectivity index (χ3v) is 6.61. The van der Waals surface area contributed by atoms with E-state index in [0.29, 0.717) is 18.1 Å². The van der Waals surface area contributed by atoms with E-state index in [2.05, 4.69) is 20.9 Å². The summed E-state index contributed by atoms with van der Waals surface area (Å²) in [5, 5.41) is 10.2.